The van der Waals surface area contributed by atoms with Crippen LogP contribution in [0.2, 0.25) is 0 Å². The molecule has 0 aliphatic carbocycles. The third kappa shape index (κ3) is 4.44. The van der Waals surface area contributed by atoms with Crippen molar-refractivity contribution in [2.45, 2.75) is 43.6 Å². The van der Waals surface area contributed by atoms with Crippen LogP contribution < -0.4 is 10.9 Å². The molecule has 35 heavy (non-hydrogen) atoms. The van der Waals surface area contributed by atoms with E-state index in [9.17, 15) is 9.59 Å². The zero-order chi connectivity index (χ0) is 24.4. The maximum absolute atomic E-state index is 13.4. The van der Waals surface area contributed by atoms with Gasteiger partial charge in [-0.25, -0.2) is 0 Å². The second kappa shape index (κ2) is 9.75. The summed E-state index contributed by atoms with van der Waals surface area (Å²) in [7, 11) is 0. The molecule has 0 saturated carbocycles. The van der Waals surface area contributed by atoms with Gasteiger partial charge in [0.15, 0.2) is 11.0 Å². The Labute approximate surface area is 205 Å². The van der Waals surface area contributed by atoms with Crippen LogP contribution in [0.5, 0.6) is 0 Å². The van der Waals surface area contributed by atoms with Crippen molar-refractivity contribution in [2.75, 3.05) is 5.32 Å². The van der Waals surface area contributed by atoms with Crippen LogP contribution in [0, 0.1) is 6.92 Å². The fraction of sp³-hybridized carbons (Fsp3) is 0.240. The second-order valence-corrected chi connectivity index (χ2v) is 9.24. The van der Waals surface area contributed by atoms with E-state index in [1.165, 1.54) is 11.8 Å². The molecule has 0 bridgehead atoms. The SMILES string of the molecule is CCCCn1c(=O)c2ccccc2n2c(SC(C(=O)Nc3cc(C)on3)c3ccccc3)nnc12. The normalized spacial score (nSPS) is 12.3. The minimum Gasteiger partial charge on any atom is -0.360 e. The van der Waals surface area contributed by atoms with Crippen molar-refractivity contribution in [3.05, 3.63) is 82.3 Å². The number of aromatic nitrogens is 5. The van der Waals surface area contributed by atoms with E-state index in [4.69, 9.17) is 4.52 Å². The molecule has 9 nitrogen and oxygen atoms in total. The van der Waals surface area contributed by atoms with Gasteiger partial charge in [0, 0.05) is 12.6 Å². The highest BCUT2D eigenvalue weighted by molar-refractivity contribution is 8.00. The largest absolute Gasteiger partial charge is 0.360 e. The second-order valence-electron chi connectivity index (χ2n) is 8.17. The maximum Gasteiger partial charge on any atom is 0.262 e. The number of para-hydroxylation sites is 1. The van der Waals surface area contributed by atoms with Gasteiger partial charge in [0.2, 0.25) is 11.7 Å². The maximum atomic E-state index is 13.4. The summed E-state index contributed by atoms with van der Waals surface area (Å²) in [6.07, 6.45) is 1.79. The molecule has 0 saturated heterocycles. The quantitative estimate of drug-likeness (QED) is 0.318. The van der Waals surface area contributed by atoms with Gasteiger partial charge in [0.25, 0.3) is 5.56 Å². The number of rotatable bonds is 8. The van der Waals surface area contributed by atoms with E-state index in [1.807, 2.05) is 59.0 Å². The van der Waals surface area contributed by atoms with Crippen LogP contribution in [0.15, 0.2) is 75.1 Å². The van der Waals surface area contributed by atoms with Crippen LogP contribution in [-0.2, 0) is 11.3 Å². The van der Waals surface area contributed by atoms with Gasteiger partial charge in [-0.15, -0.1) is 10.2 Å². The van der Waals surface area contributed by atoms with Gasteiger partial charge in [0.05, 0.1) is 10.9 Å². The summed E-state index contributed by atoms with van der Waals surface area (Å²) in [5.74, 6) is 1.14. The highest BCUT2D eigenvalue weighted by Crippen LogP contribution is 2.36. The Hall–Kier alpha value is -3.92. The lowest BCUT2D eigenvalue weighted by atomic mass is 10.1. The van der Waals surface area contributed by atoms with Gasteiger partial charge >= 0.3 is 0 Å². The Morgan fingerprint density at radius 2 is 1.89 bits per heavy atom. The van der Waals surface area contributed by atoms with Crippen LogP contribution in [0.1, 0.15) is 36.3 Å². The minimum atomic E-state index is -0.643. The first kappa shape index (κ1) is 22.9. The summed E-state index contributed by atoms with van der Waals surface area (Å²) >= 11 is 1.27. The molecule has 0 fully saturated rings. The summed E-state index contributed by atoms with van der Waals surface area (Å²) in [6.45, 7) is 4.38. The molecule has 178 valence electrons. The molecule has 1 atom stereocenters. The molecule has 3 aromatic heterocycles. The Balaban J connectivity index is 1.61. The molecular formula is C25H24N6O3S. The number of anilines is 1. The number of nitrogens with one attached hydrogen (secondary N) is 1. The van der Waals surface area contributed by atoms with Gasteiger partial charge in [-0.3, -0.25) is 18.6 Å². The average Bonchev–Trinajstić information content (AvgIpc) is 3.48. The number of thioether (sulfide) groups is 1. The molecule has 5 aromatic rings. The number of benzene rings is 2. The summed E-state index contributed by atoms with van der Waals surface area (Å²) in [4.78, 5) is 26.6. The molecule has 5 rings (SSSR count). The minimum absolute atomic E-state index is 0.0933. The molecule has 10 heteroatoms. The summed E-state index contributed by atoms with van der Waals surface area (Å²) < 4.78 is 8.62. The number of carbonyl (C=O) groups is 1. The van der Waals surface area contributed by atoms with Gasteiger partial charge in [-0.05, 0) is 31.0 Å². The van der Waals surface area contributed by atoms with Crippen LogP contribution >= 0.6 is 11.8 Å². The van der Waals surface area contributed by atoms with Gasteiger partial charge in [0.1, 0.15) is 11.0 Å². The van der Waals surface area contributed by atoms with Gasteiger partial charge in [-0.2, -0.15) is 0 Å². The van der Waals surface area contributed by atoms with Crippen molar-refractivity contribution >= 4 is 40.2 Å². The zero-order valence-electron chi connectivity index (χ0n) is 19.3. The van der Waals surface area contributed by atoms with Gasteiger partial charge in [-0.1, -0.05) is 72.7 Å². The summed E-state index contributed by atoms with van der Waals surface area (Å²) in [5, 5.41) is 16.0. The van der Waals surface area contributed by atoms with E-state index >= 15 is 0 Å². The molecule has 3 heterocycles. The summed E-state index contributed by atoms with van der Waals surface area (Å²) in [5.41, 5.74) is 1.41. The Morgan fingerprint density at radius 3 is 2.63 bits per heavy atom. The molecular weight excluding hydrogens is 464 g/mol. The first-order valence-corrected chi connectivity index (χ1v) is 12.3. The van der Waals surface area contributed by atoms with E-state index in [0.29, 0.717) is 40.0 Å². The predicted octanol–water partition coefficient (Wildman–Crippen LogP) is 4.61. The molecule has 1 unspecified atom stereocenters. The Kier molecular flexibility index (Phi) is 6.37. The van der Waals surface area contributed by atoms with Crippen LogP contribution in [-0.4, -0.2) is 30.2 Å². The van der Waals surface area contributed by atoms with E-state index < -0.39 is 5.25 Å². The number of nitrogens with zero attached hydrogens (tertiary/aromatic N) is 5. The molecule has 2 aromatic carbocycles. The number of unbranched alkanes of at least 4 members (excludes halogenated alkanes) is 1. The average molecular weight is 489 g/mol. The predicted molar refractivity (Wildman–Crippen MR) is 135 cm³/mol. The van der Waals surface area contributed by atoms with Crippen LogP contribution in [0.3, 0.4) is 0 Å². The Morgan fingerprint density at radius 1 is 1.11 bits per heavy atom. The monoisotopic (exact) mass is 488 g/mol. The first-order chi connectivity index (χ1) is 17.1. The molecule has 0 spiro atoms. The van der Waals surface area contributed by atoms with Crippen molar-refractivity contribution in [3.8, 4) is 0 Å². The fourth-order valence-corrected chi connectivity index (χ4v) is 4.99. The smallest absolute Gasteiger partial charge is 0.262 e. The molecule has 0 aliphatic heterocycles. The fourth-order valence-electron chi connectivity index (χ4n) is 3.95. The van der Waals surface area contributed by atoms with Crippen molar-refractivity contribution in [2.24, 2.45) is 0 Å². The zero-order valence-corrected chi connectivity index (χ0v) is 20.2. The lowest BCUT2D eigenvalue weighted by molar-refractivity contribution is -0.115. The highest BCUT2D eigenvalue weighted by atomic mass is 32.2. The van der Waals surface area contributed by atoms with E-state index in [0.717, 1.165) is 18.4 Å². The number of amides is 1. The number of aryl methyl sites for hydroxylation is 2. The van der Waals surface area contributed by atoms with E-state index in [-0.39, 0.29) is 11.5 Å². The van der Waals surface area contributed by atoms with E-state index in [1.54, 1.807) is 17.6 Å². The highest BCUT2D eigenvalue weighted by Gasteiger charge is 2.27. The molecule has 0 radical (unpaired) electrons. The summed E-state index contributed by atoms with van der Waals surface area (Å²) in [6, 6.07) is 18.5. The van der Waals surface area contributed by atoms with Gasteiger partial charge < -0.3 is 9.84 Å². The number of hydrogen-bond donors (Lipinski definition) is 1. The van der Waals surface area contributed by atoms with Crippen LogP contribution in [0.4, 0.5) is 5.82 Å². The van der Waals surface area contributed by atoms with Crippen molar-refractivity contribution < 1.29 is 9.32 Å². The lowest BCUT2D eigenvalue weighted by Gasteiger charge is -2.16. The molecule has 1 N–H and O–H groups in total. The van der Waals surface area contributed by atoms with Crippen molar-refractivity contribution in [1.82, 2.24) is 24.3 Å². The topological polar surface area (TPSA) is 107 Å². The van der Waals surface area contributed by atoms with E-state index in [2.05, 4.69) is 27.6 Å². The molecule has 0 aliphatic rings. The number of hydrogen-bond acceptors (Lipinski definition) is 7. The van der Waals surface area contributed by atoms with Crippen molar-refractivity contribution in [3.63, 3.8) is 0 Å². The third-order valence-corrected chi connectivity index (χ3v) is 6.85. The lowest BCUT2D eigenvalue weighted by Crippen LogP contribution is -2.23. The number of carbonyl (C=O) groups excluding carboxylic acids is 1. The van der Waals surface area contributed by atoms with Crippen molar-refractivity contribution in [1.29, 1.82) is 0 Å². The Bertz CT molecular complexity index is 1560. The molecule has 1 amide bonds. The van der Waals surface area contributed by atoms with Crippen LogP contribution in [0.25, 0.3) is 16.7 Å². The third-order valence-electron chi connectivity index (χ3n) is 5.66. The number of fused-ring (bicyclic) bond motifs is 3. The first-order valence-electron chi connectivity index (χ1n) is 11.4. The standard InChI is InChI=1S/C25H24N6O3S/c1-3-4-14-30-23(33)18-12-8-9-13-19(18)31-24(30)27-28-25(31)35-21(17-10-6-5-7-11-17)22(32)26-20-15-16(2)34-29-20/h5-13,15,21H,3-4,14H2,1-2H3,(H,26,29,32).